The maximum Gasteiger partial charge on any atom is 0.327 e. The number of nitrogens with zero attached hydrogens (tertiary/aromatic N) is 3. The highest BCUT2D eigenvalue weighted by molar-refractivity contribution is 8.01. The summed E-state index contributed by atoms with van der Waals surface area (Å²) in [4.78, 5) is 50.5. The van der Waals surface area contributed by atoms with Crippen molar-refractivity contribution in [3.8, 4) is 0 Å². The van der Waals surface area contributed by atoms with Gasteiger partial charge in [0.15, 0.2) is 0 Å². The molecule has 0 spiro atoms. The molecule has 2 aromatic rings. The van der Waals surface area contributed by atoms with E-state index in [1.165, 1.54) is 48.7 Å². The van der Waals surface area contributed by atoms with Crippen molar-refractivity contribution in [3.63, 3.8) is 0 Å². The number of hydrogen-bond donors (Lipinski definition) is 2. The first-order valence-corrected chi connectivity index (χ1v) is 10.1. The largest absolute Gasteiger partial charge is 0.805 e. The second-order valence-electron chi connectivity index (χ2n) is 8.01. The molecule has 1 aromatic carbocycles. The number of aliphatic carboxylic acids is 1. The van der Waals surface area contributed by atoms with Gasteiger partial charge in [-0.25, -0.2) is 4.79 Å². The van der Waals surface area contributed by atoms with Crippen LogP contribution in [0.3, 0.4) is 0 Å². The van der Waals surface area contributed by atoms with Crippen molar-refractivity contribution in [2.45, 2.75) is 49.9 Å². The molecule has 2 saturated heterocycles. The van der Waals surface area contributed by atoms with E-state index in [4.69, 9.17) is 0 Å². The molecule has 2 N–H and O–H groups in total. The summed E-state index contributed by atoms with van der Waals surface area (Å²) in [5, 5.41) is 24.1. The van der Waals surface area contributed by atoms with Gasteiger partial charge in [-0.3, -0.25) is 9.59 Å². The number of β-lactam (4-membered cyclic amide) rings is 1. The molecule has 10 nitrogen and oxygen atoms in total. The lowest BCUT2D eigenvalue weighted by atomic mass is 9.96. The minimum absolute atomic E-state index is 0.0460. The molecule has 3 atom stereocenters. The second kappa shape index (κ2) is 6.46. The van der Waals surface area contributed by atoms with Gasteiger partial charge in [-0.2, -0.15) is 0 Å². The van der Waals surface area contributed by atoms with E-state index < -0.39 is 40.0 Å². The van der Waals surface area contributed by atoms with Gasteiger partial charge >= 0.3 is 5.97 Å². The average molecular weight is 432 g/mol. The minimum atomic E-state index is -1.08. The number of fused-ring (bicyclic) bond motifs is 2. The molecule has 4 rings (SSSR count). The van der Waals surface area contributed by atoms with E-state index in [0.29, 0.717) is 9.16 Å². The summed E-state index contributed by atoms with van der Waals surface area (Å²) >= 11 is 1.32. The normalized spacial score (nSPS) is 24.5. The van der Waals surface area contributed by atoms with Crippen LogP contribution in [0, 0.1) is 24.0 Å². The molecular formula is C19H20N4O6S. The number of carbonyl (C=O) groups is 3. The Morgan fingerprint density at radius 3 is 2.60 bits per heavy atom. The van der Waals surface area contributed by atoms with Crippen molar-refractivity contribution in [1.82, 2.24) is 14.9 Å². The Morgan fingerprint density at radius 1 is 1.30 bits per heavy atom. The predicted octanol–water partition coefficient (Wildman–Crippen LogP) is 0.764. The van der Waals surface area contributed by atoms with Crippen molar-refractivity contribution in [1.29, 1.82) is 0 Å². The van der Waals surface area contributed by atoms with Crippen LogP contribution in [0.2, 0.25) is 0 Å². The lowest BCUT2D eigenvalue weighted by Gasteiger charge is -2.43. The Morgan fingerprint density at radius 2 is 1.97 bits per heavy atom. The Labute approximate surface area is 175 Å². The van der Waals surface area contributed by atoms with Gasteiger partial charge in [0.25, 0.3) is 17.1 Å². The zero-order chi connectivity index (χ0) is 22.1. The van der Waals surface area contributed by atoms with Gasteiger partial charge in [0.2, 0.25) is 5.91 Å². The fourth-order valence-corrected chi connectivity index (χ4v) is 5.65. The van der Waals surface area contributed by atoms with Crippen LogP contribution in [0.4, 0.5) is 0 Å². The highest BCUT2D eigenvalue weighted by Gasteiger charge is 2.64. The van der Waals surface area contributed by atoms with Crippen molar-refractivity contribution in [2.75, 3.05) is 0 Å². The molecule has 0 unspecified atom stereocenters. The molecule has 0 bridgehead atoms. The van der Waals surface area contributed by atoms with Crippen LogP contribution in [0.5, 0.6) is 0 Å². The topological polar surface area (TPSA) is 138 Å². The van der Waals surface area contributed by atoms with Crippen molar-refractivity contribution in [3.05, 3.63) is 45.3 Å². The van der Waals surface area contributed by atoms with E-state index in [1.807, 2.05) is 0 Å². The zero-order valence-electron chi connectivity index (χ0n) is 16.7. The number of amides is 2. The number of nitrogens with one attached hydrogen (secondary N) is 1. The number of carboxylic acid groups (broad SMARTS) is 1. The van der Waals surface area contributed by atoms with E-state index in [1.54, 1.807) is 13.8 Å². The first kappa shape index (κ1) is 20.2. The molecule has 158 valence electrons. The number of aromatic nitrogens is 2. The SMILES string of the molecule is Cc1c(C)[n+](=O)c2ccc(C(=O)N[C@@H]3C(=O)N4[C@@H]3SC(C)(C)[C@@H]4C(=O)O)cc2n1[O-]. The monoisotopic (exact) mass is 432 g/mol. The molecule has 11 heteroatoms. The fraction of sp³-hybridized carbons (Fsp3) is 0.421. The molecule has 30 heavy (non-hydrogen) atoms. The first-order chi connectivity index (χ1) is 14.0. The number of thioether (sulfide) groups is 1. The van der Waals surface area contributed by atoms with Gasteiger partial charge in [0.05, 0.1) is 10.1 Å². The molecule has 1 aromatic heterocycles. The summed E-state index contributed by atoms with van der Waals surface area (Å²) in [6.07, 6.45) is 0. The smallest absolute Gasteiger partial charge is 0.327 e. The second-order valence-corrected chi connectivity index (χ2v) is 9.78. The number of carboxylic acids is 1. The van der Waals surface area contributed by atoms with Crippen LogP contribution in [0.1, 0.15) is 35.6 Å². The maximum atomic E-state index is 12.7. The fourth-order valence-electron chi connectivity index (χ4n) is 4.02. The standard InChI is InChI=1S/C19H20N4O6S/c1-8-9(2)23(29)12-7-10(5-6-11(12)22(8)28)15(24)20-13-16(25)21-14(18(26)27)19(3,4)30-17(13)21/h5-7,13-14,17H,1-4H3,(H,20,24)(H,26,27)/t13-,14+,17-/m1/s1. The molecule has 2 aliphatic rings. The molecule has 0 saturated carbocycles. The van der Waals surface area contributed by atoms with E-state index >= 15 is 0 Å². The third-order valence-electron chi connectivity index (χ3n) is 5.77. The number of carbonyl (C=O) groups excluding carboxylic acids is 2. The van der Waals surface area contributed by atoms with E-state index in [2.05, 4.69) is 5.32 Å². The van der Waals surface area contributed by atoms with Gasteiger partial charge in [-0.15, -0.1) is 11.8 Å². The highest BCUT2D eigenvalue weighted by atomic mass is 32.2. The molecule has 0 radical (unpaired) electrons. The highest BCUT2D eigenvalue weighted by Crippen LogP contribution is 2.50. The van der Waals surface area contributed by atoms with Crippen LogP contribution in [0.15, 0.2) is 18.2 Å². The van der Waals surface area contributed by atoms with Crippen LogP contribution < -0.4 is 9.74 Å². The zero-order valence-corrected chi connectivity index (χ0v) is 17.5. The average Bonchev–Trinajstić information content (AvgIpc) is 2.96. The van der Waals surface area contributed by atoms with Crippen LogP contribution in [0.25, 0.3) is 11.0 Å². The van der Waals surface area contributed by atoms with Gasteiger partial charge in [0.1, 0.15) is 23.0 Å². The summed E-state index contributed by atoms with van der Waals surface area (Å²) in [5.74, 6) is -2.12. The number of hydrogen-bond acceptors (Lipinski definition) is 6. The molecular weight excluding hydrogens is 412 g/mol. The Bertz CT molecular complexity index is 1190. The summed E-state index contributed by atoms with van der Waals surface area (Å²) in [5.41, 5.74) is 0.795. The van der Waals surface area contributed by atoms with Crippen molar-refractivity contribution >= 4 is 40.6 Å². The van der Waals surface area contributed by atoms with Crippen LogP contribution in [-0.4, -0.2) is 54.7 Å². The van der Waals surface area contributed by atoms with E-state index in [-0.39, 0.29) is 28.0 Å². The summed E-state index contributed by atoms with van der Waals surface area (Å²) in [7, 11) is 0. The molecule has 2 fully saturated rings. The maximum absolute atomic E-state index is 12.7. The first-order valence-electron chi connectivity index (χ1n) is 9.25. The quantitative estimate of drug-likeness (QED) is 0.539. The summed E-state index contributed by atoms with van der Waals surface area (Å²) in [6.45, 7) is 6.55. The Kier molecular flexibility index (Phi) is 4.35. The number of rotatable bonds is 3. The molecule has 2 amide bonds. The lowest BCUT2D eigenvalue weighted by Crippen LogP contribution is -2.70. The number of benzene rings is 1. The van der Waals surface area contributed by atoms with Crippen LogP contribution in [-0.2, 0) is 9.59 Å². The molecule has 0 aliphatic carbocycles. The van der Waals surface area contributed by atoms with E-state index in [9.17, 15) is 29.6 Å². The molecule has 3 heterocycles. The van der Waals surface area contributed by atoms with Gasteiger partial charge < -0.3 is 25.3 Å². The Balaban J connectivity index is 1.61. The minimum Gasteiger partial charge on any atom is -0.805 e. The third-order valence-corrected chi connectivity index (χ3v) is 7.34. The lowest BCUT2D eigenvalue weighted by molar-refractivity contribution is -0.473. The van der Waals surface area contributed by atoms with Crippen molar-refractivity contribution < 1.29 is 23.9 Å². The molecule has 2 aliphatic heterocycles. The van der Waals surface area contributed by atoms with Crippen LogP contribution >= 0.6 is 11.8 Å². The summed E-state index contributed by atoms with van der Waals surface area (Å²) in [6, 6.07) is 2.29. The van der Waals surface area contributed by atoms with Gasteiger partial charge in [0, 0.05) is 28.2 Å². The van der Waals surface area contributed by atoms with Crippen molar-refractivity contribution in [2.24, 2.45) is 0 Å². The Hall–Kier alpha value is -3.08. The van der Waals surface area contributed by atoms with Gasteiger partial charge in [-0.05, 0) is 32.9 Å². The summed E-state index contributed by atoms with van der Waals surface area (Å²) < 4.78 is 0.538. The van der Waals surface area contributed by atoms with E-state index in [0.717, 1.165) is 0 Å². The predicted molar refractivity (Wildman–Crippen MR) is 109 cm³/mol. The third kappa shape index (κ3) is 2.68. The van der Waals surface area contributed by atoms with Gasteiger partial charge in [-0.1, -0.05) is 0 Å².